The smallest absolute Gasteiger partial charge is 0.237 e. The van der Waals surface area contributed by atoms with E-state index in [1.807, 2.05) is 13.1 Å². The van der Waals surface area contributed by atoms with Crippen molar-refractivity contribution in [1.82, 2.24) is 15.1 Å². The van der Waals surface area contributed by atoms with Crippen molar-refractivity contribution < 1.29 is 9.59 Å². The summed E-state index contributed by atoms with van der Waals surface area (Å²) >= 11 is 0. The summed E-state index contributed by atoms with van der Waals surface area (Å²) < 4.78 is 1.67. The van der Waals surface area contributed by atoms with E-state index in [1.165, 1.54) is 0 Å². The van der Waals surface area contributed by atoms with E-state index >= 15 is 0 Å². The average Bonchev–Trinajstić information content (AvgIpc) is 2.52. The van der Waals surface area contributed by atoms with Crippen molar-refractivity contribution in [3.05, 3.63) is 17.5 Å². The molecule has 7 heteroatoms. The lowest BCUT2D eigenvalue weighted by molar-refractivity contribution is -0.126. The van der Waals surface area contributed by atoms with E-state index in [4.69, 9.17) is 11.5 Å². The zero-order chi connectivity index (χ0) is 13.0. The van der Waals surface area contributed by atoms with Gasteiger partial charge < -0.3 is 16.8 Å². The van der Waals surface area contributed by atoms with Crippen LogP contribution in [0.3, 0.4) is 0 Å². The highest BCUT2D eigenvalue weighted by Gasteiger charge is 2.16. The third-order valence-corrected chi connectivity index (χ3v) is 2.33. The largest absolute Gasteiger partial charge is 0.370 e. The van der Waals surface area contributed by atoms with Crippen LogP contribution in [0.1, 0.15) is 17.7 Å². The quantitative estimate of drug-likeness (QED) is 0.582. The van der Waals surface area contributed by atoms with E-state index in [0.29, 0.717) is 6.54 Å². The van der Waals surface area contributed by atoms with Crippen LogP contribution in [0.15, 0.2) is 6.20 Å². The molecule has 0 spiro atoms. The van der Waals surface area contributed by atoms with Crippen molar-refractivity contribution in [1.29, 1.82) is 0 Å². The Kier molecular flexibility index (Phi) is 4.22. The van der Waals surface area contributed by atoms with Crippen LogP contribution in [-0.2, 0) is 23.2 Å². The fourth-order valence-corrected chi connectivity index (χ4v) is 1.45. The van der Waals surface area contributed by atoms with E-state index in [9.17, 15) is 9.59 Å². The second-order valence-corrected chi connectivity index (χ2v) is 3.91. The Morgan fingerprint density at radius 2 is 2.24 bits per heavy atom. The lowest BCUT2D eigenvalue weighted by atomic mass is 10.2. The third kappa shape index (κ3) is 3.87. The van der Waals surface area contributed by atoms with Gasteiger partial charge in [0.2, 0.25) is 11.8 Å². The molecule has 0 aromatic carbocycles. The molecule has 0 radical (unpaired) electrons. The molecule has 0 saturated carbocycles. The molecule has 1 rings (SSSR count). The summed E-state index contributed by atoms with van der Waals surface area (Å²) in [5.41, 5.74) is 12.2. The molecular weight excluding hydrogens is 222 g/mol. The molecular formula is C10H17N5O2. The summed E-state index contributed by atoms with van der Waals surface area (Å²) in [5.74, 6) is -0.989. The molecule has 1 aromatic rings. The summed E-state index contributed by atoms with van der Waals surface area (Å²) in [4.78, 5) is 22.1. The monoisotopic (exact) mass is 239 g/mol. The molecule has 7 nitrogen and oxygen atoms in total. The molecule has 1 unspecified atom stereocenters. The molecule has 1 atom stereocenters. The first-order chi connectivity index (χ1) is 7.90. The molecule has 0 aliphatic rings. The molecule has 0 fully saturated rings. The summed E-state index contributed by atoms with van der Waals surface area (Å²) in [6.07, 6.45) is 1.66. The molecule has 1 heterocycles. The van der Waals surface area contributed by atoms with Gasteiger partial charge in [-0.15, -0.1) is 0 Å². The van der Waals surface area contributed by atoms with Gasteiger partial charge in [-0.3, -0.25) is 14.3 Å². The molecule has 0 saturated heterocycles. The number of hydrogen-bond donors (Lipinski definition) is 3. The van der Waals surface area contributed by atoms with Crippen molar-refractivity contribution in [2.45, 2.75) is 25.9 Å². The van der Waals surface area contributed by atoms with Crippen LogP contribution in [0.4, 0.5) is 0 Å². The highest BCUT2D eigenvalue weighted by molar-refractivity contribution is 5.87. The van der Waals surface area contributed by atoms with Crippen molar-refractivity contribution in [3.8, 4) is 0 Å². The number of amides is 2. The lowest BCUT2D eigenvalue weighted by Gasteiger charge is -2.09. The Hall–Kier alpha value is -1.89. The second kappa shape index (κ2) is 5.44. The minimum atomic E-state index is -0.899. The maximum atomic E-state index is 11.5. The van der Waals surface area contributed by atoms with Crippen LogP contribution >= 0.6 is 0 Å². The predicted molar refractivity (Wildman–Crippen MR) is 61.6 cm³/mol. The Balaban J connectivity index is 2.48. The molecule has 1 aromatic heterocycles. The molecule has 17 heavy (non-hydrogen) atoms. The Bertz CT molecular complexity index is 426. The summed E-state index contributed by atoms with van der Waals surface area (Å²) in [5, 5.41) is 6.78. The van der Waals surface area contributed by atoms with Crippen molar-refractivity contribution in [2.75, 3.05) is 0 Å². The molecule has 2 amide bonds. The van der Waals surface area contributed by atoms with Gasteiger partial charge in [0.1, 0.15) is 0 Å². The third-order valence-electron chi connectivity index (χ3n) is 2.33. The minimum Gasteiger partial charge on any atom is -0.370 e. The topological polar surface area (TPSA) is 116 Å². The molecule has 0 aliphatic heterocycles. The minimum absolute atomic E-state index is 0.155. The number of nitrogens with two attached hydrogens (primary N) is 2. The Labute approximate surface area is 99.1 Å². The summed E-state index contributed by atoms with van der Waals surface area (Å²) in [6.45, 7) is 2.19. The van der Waals surface area contributed by atoms with Crippen LogP contribution < -0.4 is 16.8 Å². The molecule has 0 aliphatic carbocycles. The number of rotatable bonds is 5. The van der Waals surface area contributed by atoms with Gasteiger partial charge in [-0.05, 0) is 6.92 Å². The highest BCUT2D eigenvalue weighted by Crippen LogP contribution is 2.03. The number of primary amides is 1. The van der Waals surface area contributed by atoms with Gasteiger partial charge in [0.25, 0.3) is 0 Å². The lowest BCUT2D eigenvalue weighted by Crippen LogP contribution is -2.42. The van der Waals surface area contributed by atoms with Crippen LogP contribution in [0, 0.1) is 6.92 Å². The number of aromatic nitrogens is 2. The number of carbonyl (C=O) groups excluding carboxylic acids is 2. The van der Waals surface area contributed by atoms with E-state index < -0.39 is 17.9 Å². The first kappa shape index (κ1) is 13.2. The summed E-state index contributed by atoms with van der Waals surface area (Å²) in [6, 6.07) is -0.899. The maximum absolute atomic E-state index is 11.5. The van der Waals surface area contributed by atoms with Crippen LogP contribution in [-0.4, -0.2) is 27.6 Å². The van der Waals surface area contributed by atoms with Gasteiger partial charge in [0.15, 0.2) is 0 Å². The maximum Gasteiger partial charge on any atom is 0.237 e. The average molecular weight is 239 g/mol. The van der Waals surface area contributed by atoms with Gasteiger partial charge >= 0.3 is 0 Å². The highest BCUT2D eigenvalue weighted by atomic mass is 16.2. The van der Waals surface area contributed by atoms with Crippen LogP contribution in [0.25, 0.3) is 0 Å². The zero-order valence-electron chi connectivity index (χ0n) is 9.93. The van der Waals surface area contributed by atoms with Crippen molar-refractivity contribution >= 4 is 11.8 Å². The zero-order valence-corrected chi connectivity index (χ0v) is 9.93. The Morgan fingerprint density at radius 3 is 2.71 bits per heavy atom. The van der Waals surface area contributed by atoms with Crippen molar-refractivity contribution in [2.24, 2.45) is 18.5 Å². The normalized spacial score (nSPS) is 12.2. The number of carbonyl (C=O) groups is 2. The second-order valence-electron chi connectivity index (χ2n) is 3.91. The standard InChI is InChI=1S/C10H17N5O2/c1-6-7(5-15(2)14-6)4-13-10(17)8(11)3-9(12)16/h5,8H,3-4,11H2,1-2H3,(H2,12,16)(H,13,17). The SMILES string of the molecule is Cc1nn(C)cc1CNC(=O)C(N)CC(N)=O. The first-order valence-corrected chi connectivity index (χ1v) is 5.21. The molecule has 94 valence electrons. The van der Waals surface area contributed by atoms with Crippen LogP contribution in [0.2, 0.25) is 0 Å². The summed E-state index contributed by atoms with van der Waals surface area (Å²) in [7, 11) is 1.80. The Morgan fingerprint density at radius 1 is 1.59 bits per heavy atom. The first-order valence-electron chi connectivity index (χ1n) is 5.21. The van der Waals surface area contributed by atoms with E-state index in [2.05, 4.69) is 10.4 Å². The number of hydrogen-bond acceptors (Lipinski definition) is 4. The van der Waals surface area contributed by atoms with Gasteiger partial charge in [-0.25, -0.2) is 0 Å². The van der Waals surface area contributed by atoms with E-state index in [-0.39, 0.29) is 6.42 Å². The molecule has 0 bridgehead atoms. The van der Waals surface area contributed by atoms with E-state index in [1.54, 1.807) is 11.7 Å². The van der Waals surface area contributed by atoms with Gasteiger partial charge in [0, 0.05) is 25.4 Å². The van der Waals surface area contributed by atoms with Crippen molar-refractivity contribution in [3.63, 3.8) is 0 Å². The predicted octanol–water partition coefficient (Wildman–Crippen LogP) is -1.45. The van der Waals surface area contributed by atoms with Gasteiger partial charge in [-0.2, -0.15) is 5.10 Å². The van der Waals surface area contributed by atoms with Gasteiger partial charge in [0.05, 0.1) is 18.2 Å². The fourth-order valence-electron chi connectivity index (χ4n) is 1.45. The van der Waals surface area contributed by atoms with E-state index in [0.717, 1.165) is 11.3 Å². The fraction of sp³-hybridized carbons (Fsp3) is 0.500. The number of nitrogens with zero attached hydrogens (tertiary/aromatic N) is 2. The number of nitrogens with one attached hydrogen (secondary N) is 1. The molecule has 5 N–H and O–H groups in total. The number of aryl methyl sites for hydroxylation is 2. The van der Waals surface area contributed by atoms with Gasteiger partial charge in [-0.1, -0.05) is 0 Å². The van der Waals surface area contributed by atoms with Crippen LogP contribution in [0.5, 0.6) is 0 Å².